The Bertz CT molecular complexity index is 208. The third-order valence-corrected chi connectivity index (χ3v) is 0. The van der Waals surface area contributed by atoms with Gasteiger partial charge in [0.1, 0.15) is 0 Å². The van der Waals surface area contributed by atoms with E-state index in [1.54, 1.807) is 0 Å². The van der Waals surface area contributed by atoms with Crippen LogP contribution in [0.4, 0.5) is 0 Å². The van der Waals surface area contributed by atoms with E-state index >= 15 is 0 Å². The van der Waals surface area contributed by atoms with Crippen LogP contribution in [0.25, 0.3) is 0 Å². The van der Waals surface area contributed by atoms with E-state index in [0.717, 1.165) is 0 Å². The average molecular weight is 314 g/mol. The van der Waals surface area contributed by atoms with Gasteiger partial charge in [-0.3, -0.25) is 0 Å². The van der Waals surface area contributed by atoms with Crippen molar-refractivity contribution in [2.75, 3.05) is 0 Å². The van der Waals surface area contributed by atoms with Crippen LogP contribution in [0.15, 0.2) is 0 Å². The molecule has 8 nitrogen and oxygen atoms in total. The van der Waals surface area contributed by atoms with Gasteiger partial charge in [-0.05, 0) is 0 Å². The molecule has 11 heavy (non-hydrogen) atoms. The summed E-state index contributed by atoms with van der Waals surface area (Å²) in [5, 5.41) is 0. The summed E-state index contributed by atoms with van der Waals surface area (Å²) in [6.45, 7) is 0. The predicted octanol–water partition coefficient (Wildman–Crippen LogP) is -4.11. The summed E-state index contributed by atoms with van der Waals surface area (Å²) < 4.78 is 63.8. The first-order chi connectivity index (χ1) is 4.00. The Kier molecular flexibility index (Phi) is 10.8. The summed E-state index contributed by atoms with van der Waals surface area (Å²) in [7, 11) is 0. The van der Waals surface area contributed by atoms with Crippen LogP contribution in [-0.2, 0) is 15.3 Å². The molecular weight excluding hydrogens is 309 g/mol. The van der Waals surface area contributed by atoms with E-state index in [0.29, 0.717) is 0 Å². The van der Waals surface area contributed by atoms with Gasteiger partial charge in [-0.25, -0.2) is 0 Å². The average Bonchev–Trinajstić information content (AvgIpc) is 1.12. The van der Waals surface area contributed by atoms with Gasteiger partial charge in [-0.2, -0.15) is 0 Å². The fourth-order valence-corrected chi connectivity index (χ4v) is 0. The molecule has 0 aromatic rings. The summed E-state index contributed by atoms with van der Waals surface area (Å²) in [5.74, 6) is 0. The number of hydrogen-bond donors (Lipinski definition) is 4. The molecular formula is H5NaO8Se2. The van der Waals surface area contributed by atoms with Crippen LogP contribution in [0, 0.1) is 0 Å². The quantitative estimate of drug-likeness (QED) is 0.329. The predicted molar refractivity (Wildman–Crippen MR) is 30.3 cm³/mol. The fourth-order valence-electron chi connectivity index (χ4n) is 0. The minimum absolute atomic E-state index is 0. The zero-order chi connectivity index (χ0) is 9.00. The SMILES string of the molecule is O=[Se](=O)(O)O.O=[Se](=O)(O)O.[NaH]. The molecule has 4 N–H and O–H groups in total. The second-order valence-corrected chi connectivity index (χ2v) is 4.65. The molecule has 0 aromatic carbocycles. The Morgan fingerprint density at radius 1 is 0.636 bits per heavy atom. The van der Waals surface area contributed by atoms with Gasteiger partial charge >= 0.3 is 88.4 Å². The second kappa shape index (κ2) is 6.58. The van der Waals surface area contributed by atoms with Crippen LogP contribution in [0.5, 0.6) is 0 Å². The van der Waals surface area contributed by atoms with Gasteiger partial charge in [0.25, 0.3) is 0 Å². The fraction of sp³-hybridized carbons (Fsp3) is 0. The molecule has 0 spiro atoms. The molecule has 66 valence electrons. The molecule has 0 rings (SSSR count). The van der Waals surface area contributed by atoms with E-state index in [1.165, 1.54) is 0 Å². The van der Waals surface area contributed by atoms with Gasteiger partial charge in [-0.1, -0.05) is 0 Å². The van der Waals surface area contributed by atoms with Crippen molar-refractivity contribution in [3.63, 3.8) is 0 Å². The van der Waals surface area contributed by atoms with Crippen molar-refractivity contribution in [1.82, 2.24) is 0 Å². The first-order valence-corrected chi connectivity index (χ1v) is 7.26. The summed E-state index contributed by atoms with van der Waals surface area (Å²) in [6.07, 6.45) is 0. The van der Waals surface area contributed by atoms with Gasteiger partial charge in [0.15, 0.2) is 0 Å². The van der Waals surface area contributed by atoms with Crippen molar-refractivity contribution in [2.45, 2.75) is 0 Å². The molecule has 0 fully saturated rings. The summed E-state index contributed by atoms with van der Waals surface area (Å²) in [6, 6.07) is 0. The number of rotatable bonds is 0. The zero-order valence-corrected chi connectivity index (χ0v) is 7.66. The zero-order valence-electron chi connectivity index (χ0n) is 4.24. The van der Waals surface area contributed by atoms with E-state index in [2.05, 4.69) is 0 Å². The van der Waals surface area contributed by atoms with Crippen molar-refractivity contribution in [3.05, 3.63) is 0 Å². The summed E-state index contributed by atoms with van der Waals surface area (Å²) in [5.41, 5.74) is 0. The third-order valence-electron chi connectivity index (χ3n) is 0. The first kappa shape index (κ1) is 18.0. The van der Waals surface area contributed by atoms with Crippen LogP contribution < -0.4 is 0 Å². The normalized spacial score (nSPS) is 10.5. The van der Waals surface area contributed by atoms with Crippen molar-refractivity contribution in [3.8, 4) is 0 Å². The third kappa shape index (κ3) is 784. The molecule has 0 radical (unpaired) electrons. The molecule has 0 amide bonds. The van der Waals surface area contributed by atoms with E-state index < -0.39 is 26.7 Å². The van der Waals surface area contributed by atoms with Gasteiger partial charge in [-0.15, -0.1) is 0 Å². The maximum absolute atomic E-state index is 8.82. The van der Waals surface area contributed by atoms with E-state index in [1.807, 2.05) is 0 Å². The standard InChI is InChI=1S/Na.2H2O4Se.H/c;2*1-5(2,3)4;/h;2*(H2,1,2,3,4);. The van der Waals surface area contributed by atoms with Crippen molar-refractivity contribution in [2.24, 2.45) is 0 Å². The van der Waals surface area contributed by atoms with Crippen LogP contribution in [0.1, 0.15) is 0 Å². The van der Waals surface area contributed by atoms with Crippen molar-refractivity contribution in [1.29, 1.82) is 0 Å². The molecule has 0 aliphatic rings. The first-order valence-electron chi connectivity index (χ1n) is 1.40. The molecule has 0 aromatic heterocycles. The Morgan fingerprint density at radius 3 is 0.636 bits per heavy atom. The molecule has 11 heteroatoms. The molecule has 0 aliphatic carbocycles. The topological polar surface area (TPSA) is 149 Å². The van der Waals surface area contributed by atoms with Crippen LogP contribution in [0.2, 0.25) is 0 Å². The van der Waals surface area contributed by atoms with Crippen LogP contribution in [-0.4, -0.2) is 73.0 Å². The molecule has 0 heterocycles. The summed E-state index contributed by atoms with van der Waals surface area (Å²) >= 11 is -10.5. The Labute approximate surface area is 87.7 Å². The van der Waals surface area contributed by atoms with Gasteiger partial charge in [0, 0.05) is 0 Å². The Morgan fingerprint density at radius 2 is 0.636 bits per heavy atom. The van der Waals surface area contributed by atoms with Crippen molar-refractivity contribution < 1.29 is 32.1 Å². The Hall–Kier alpha value is 1.08. The van der Waals surface area contributed by atoms with Crippen LogP contribution in [0.3, 0.4) is 0 Å². The van der Waals surface area contributed by atoms with E-state index in [9.17, 15) is 0 Å². The maximum atomic E-state index is 8.82. The molecule has 0 saturated heterocycles. The van der Waals surface area contributed by atoms with Gasteiger partial charge in [0.2, 0.25) is 0 Å². The monoisotopic (exact) mass is 316 g/mol. The van der Waals surface area contributed by atoms with Crippen molar-refractivity contribution >= 4 is 56.3 Å². The molecule has 0 aliphatic heterocycles. The molecule has 0 unspecified atom stereocenters. The molecule has 0 bridgehead atoms. The molecule has 0 saturated carbocycles. The second-order valence-electron chi connectivity index (χ2n) is 0.896. The molecule has 0 atom stereocenters. The number of hydrogen-bond acceptors (Lipinski definition) is 4. The Balaban J connectivity index is -0.000000107. The van der Waals surface area contributed by atoms with Crippen LogP contribution >= 0.6 is 0 Å². The van der Waals surface area contributed by atoms with Gasteiger partial charge in [0.05, 0.1) is 0 Å². The van der Waals surface area contributed by atoms with E-state index in [-0.39, 0.29) is 29.6 Å². The summed E-state index contributed by atoms with van der Waals surface area (Å²) in [4.78, 5) is 0. The minimum atomic E-state index is -5.25. The van der Waals surface area contributed by atoms with Gasteiger partial charge < -0.3 is 0 Å². The van der Waals surface area contributed by atoms with E-state index in [4.69, 9.17) is 32.1 Å².